The van der Waals surface area contributed by atoms with Crippen LogP contribution < -0.4 is 10.1 Å². The van der Waals surface area contributed by atoms with Crippen LogP contribution in [0.1, 0.15) is 5.56 Å². The van der Waals surface area contributed by atoms with Gasteiger partial charge in [0.15, 0.2) is 0 Å². The third-order valence-corrected chi connectivity index (χ3v) is 3.96. The van der Waals surface area contributed by atoms with Crippen molar-refractivity contribution in [3.05, 3.63) is 75.0 Å². The summed E-state index contributed by atoms with van der Waals surface area (Å²) >= 11 is 3.25. The second-order valence-electron chi connectivity index (χ2n) is 5.79. The van der Waals surface area contributed by atoms with Crippen LogP contribution in [0.2, 0.25) is 0 Å². The minimum atomic E-state index is -0.539. The molecule has 0 atom stereocenters. The Morgan fingerprint density at radius 3 is 2.63 bits per heavy atom. The number of anilines is 1. The van der Waals surface area contributed by atoms with Gasteiger partial charge in [-0.05, 0) is 35.0 Å². The third kappa shape index (κ3) is 5.14. The zero-order chi connectivity index (χ0) is 19.4. The van der Waals surface area contributed by atoms with Gasteiger partial charge in [-0.3, -0.25) is 19.6 Å². The first-order valence-electron chi connectivity index (χ1n) is 7.91. The average molecular weight is 431 g/mol. The summed E-state index contributed by atoms with van der Waals surface area (Å²) in [6.45, 7) is 1.92. The van der Waals surface area contributed by atoms with Crippen molar-refractivity contribution in [2.45, 2.75) is 13.5 Å². The fourth-order valence-electron chi connectivity index (χ4n) is 2.33. The number of amides is 1. The Balaban J connectivity index is 1.79. The molecule has 1 amide bonds. The standard InChI is InChI=1S/C18H15BrN4O4/c1-12-2-4-16(5-3-12)27-17-7-14(6-15(8-17)23(25)26)21-18(24)11-22-10-13(19)9-20-22/h2-10H,11H2,1H3,(H,21,24). The van der Waals surface area contributed by atoms with Crippen molar-refractivity contribution in [1.82, 2.24) is 9.78 Å². The molecule has 3 aromatic rings. The quantitative estimate of drug-likeness (QED) is 0.464. The van der Waals surface area contributed by atoms with Crippen LogP contribution in [0.5, 0.6) is 11.5 Å². The molecule has 8 nitrogen and oxygen atoms in total. The van der Waals surface area contributed by atoms with Gasteiger partial charge in [0.1, 0.15) is 18.0 Å². The molecule has 1 N–H and O–H groups in total. The number of nitrogens with zero attached hydrogens (tertiary/aromatic N) is 3. The minimum Gasteiger partial charge on any atom is -0.457 e. The summed E-state index contributed by atoms with van der Waals surface area (Å²) in [4.78, 5) is 22.8. The van der Waals surface area contributed by atoms with Gasteiger partial charge in [0.05, 0.1) is 27.3 Å². The summed E-state index contributed by atoms with van der Waals surface area (Å²) in [5.41, 5.74) is 1.15. The van der Waals surface area contributed by atoms with Crippen molar-refractivity contribution in [3.8, 4) is 11.5 Å². The lowest BCUT2D eigenvalue weighted by Gasteiger charge is -2.10. The highest BCUT2D eigenvalue weighted by molar-refractivity contribution is 9.10. The second kappa shape index (κ2) is 8.00. The van der Waals surface area contributed by atoms with E-state index in [1.54, 1.807) is 24.5 Å². The second-order valence-corrected chi connectivity index (χ2v) is 6.71. The van der Waals surface area contributed by atoms with Gasteiger partial charge in [0.2, 0.25) is 5.91 Å². The molecule has 3 rings (SSSR count). The topological polar surface area (TPSA) is 99.3 Å². The van der Waals surface area contributed by atoms with E-state index >= 15 is 0 Å². The van der Waals surface area contributed by atoms with Gasteiger partial charge in [-0.1, -0.05) is 17.7 Å². The smallest absolute Gasteiger partial charge is 0.275 e. The number of halogens is 1. The average Bonchev–Trinajstić information content (AvgIpc) is 3.01. The number of benzene rings is 2. The summed E-state index contributed by atoms with van der Waals surface area (Å²) in [6.07, 6.45) is 3.22. The van der Waals surface area contributed by atoms with Crippen LogP contribution in [0.25, 0.3) is 0 Å². The highest BCUT2D eigenvalue weighted by atomic mass is 79.9. The molecule has 1 heterocycles. The van der Waals surface area contributed by atoms with Crippen LogP contribution in [0.3, 0.4) is 0 Å². The Morgan fingerprint density at radius 1 is 1.26 bits per heavy atom. The number of aryl methyl sites for hydroxylation is 1. The summed E-state index contributed by atoms with van der Waals surface area (Å²) in [5.74, 6) is 0.428. The molecule has 0 radical (unpaired) electrons. The van der Waals surface area contributed by atoms with E-state index in [0.717, 1.165) is 10.0 Å². The molecule has 138 valence electrons. The number of hydrogen-bond acceptors (Lipinski definition) is 5. The fourth-order valence-corrected chi connectivity index (χ4v) is 2.66. The van der Waals surface area contributed by atoms with E-state index in [9.17, 15) is 14.9 Å². The van der Waals surface area contributed by atoms with Crippen LogP contribution in [0.15, 0.2) is 59.3 Å². The van der Waals surface area contributed by atoms with Crippen LogP contribution in [0, 0.1) is 17.0 Å². The predicted octanol–water partition coefficient (Wildman–Crippen LogP) is 4.29. The molecule has 0 saturated carbocycles. The summed E-state index contributed by atoms with van der Waals surface area (Å²) in [7, 11) is 0. The van der Waals surface area contributed by atoms with Gasteiger partial charge in [0.25, 0.3) is 5.69 Å². The number of aromatic nitrogens is 2. The Kier molecular flexibility index (Phi) is 5.51. The molecule has 0 aliphatic heterocycles. The fraction of sp³-hybridized carbons (Fsp3) is 0.111. The third-order valence-electron chi connectivity index (χ3n) is 3.55. The number of nitro groups is 1. The Labute approximate surface area is 163 Å². The van der Waals surface area contributed by atoms with E-state index in [1.807, 2.05) is 19.1 Å². The van der Waals surface area contributed by atoms with Gasteiger partial charge < -0.3 is 10.1 Å². The summed E-state index contributed by atoms with van der Waals surface area (Å²) in [5, 5.41) is 17.8. The molecular weight excluding hydrogens is 416 g/mol. The van der Waals surface area contributed by atoms with E-state index in [4.69, 9.17) is 4.74 Å². The molecule has 0 unspecified atom stereocenters. The van der Waals surface area contributed by atoms with Crippen molar-refractivity contribution in [2.75, 3.05) is 5.32 Å². The molecule has 0 aliphatic carbocycles. The predicted molar refractivity (Wildman–Crippen MR) is 103 cm³/mol. The number of carbonyl (C=O) groups is 1. The highest BCUT2D eigenvalue weighted by Crippen LogP contribution is 2.30. The molecule has 9 heteroatoms. The van der Waals surface area contributed by atoms with Crippen molar-refractivity contribution in [3.63, 3.8) is 0 Å². The summed E-state index contributed by atoms with van der Waals surface area (Å²) < 4.78 is 7.88. The maximum absolute atomic E-state index is 12.2. The van der Waals surface area contributed by atoms with Crippen molar-refractivity contribution < 1.29 is 14.5 Å². The molecule has 0 saturated heterocycles. The van der Waals surface area contributed by atoms with Crippen molar-refractivity contribution >= 4 is 33.2 Å². The van der Waals surface area contributed by atoms with Gasteiger partial charge in [-0.2, -0.15) is 5.10 Å². The minimum absolute atomic E-state index is 0.0254. The molecule has 2 aromatic carbocycles. The Bertz CT molecular complexity index is 985. The van der Waals surface area contributed by atoms with Gasteiger partial charge in [0, 0.05) is 18.3 Å². The molecule has 0 spiro atoms. The van der Waals surface area contributed by atoms with Crippen molar-refractivity contribution in [2.24, 2.45) is 0 Å². The Morgan fingerprint density at radius 2 is 2.00 bits per heavy atom. The first-order chi connectivity index (χ1) is 12.9. The van der Waals surface area contributed by atoms with Crippen molar-refractivity contribution in [1.29, 1.82) is 0 Å². The van der Waals surface area contributed by atoms with E-state index in [-0.39, 0.29) is 29.6 Å². The van der Waals surface area contributed by atoms with Crippen LogP contribution >= 0.6 is 15.9 Å². The largest absolute Gasteiger partial charge is 0.457 e. The molecule has 27 heavy (non-hydrogen) atoms. The van der Waals surface area contributed by atoms with Crippen LogP contribution in [-0.4, -0.2) is 20.6 Å². The number of ether oxygens (including phenoxy) is 1. The highest BCUT2D eigenvalue weighted by Gasteiger charge is 2.13. The Hall–Kier alpha value is -3.20. The van der Waals surface area contributed by atoms with Gasteiger partial charge in [-0.15, -0.1) is 0 Å². The zero-order valence-electron chi connectivity index (χ0n) is 14.3. The van der Waals surface area contributed by atoms with Crippen LogP contribution in [-0.2, 0) is 11.3 Å². The first-order valence-corrected chi connectivity index (χ1v) is 8.70. The number of non-ortho nitro benzene ring substituents is 1. The molecule has 0 fully saturated rings. The molecule has 1 aromatic heterocycles. The number of rotatable bonds is 6. The number of nitrogens with one attached hydrogen (secondary N) is 1. The van der Waals surface area contributed by atoms with E-state index < -0.39 is 4.92 Å². The summed E-state index contributed by atoms with van der Waals surface area (Å²) in [6, 6.07) is 11.4. The van der Waals surface area contributed by atoms with E-state index in [1.165, 1.54) is 22.9 Å². The first kappa shape index (κ1) is 18.6. The van der Waals surface area contributed by atoms with Gasteiger partial charge >= 0.3 is 0 Å². The van der Waals surface area contributed by atoms with E-state index in [2.05, 4.69) is 26.3 Å². The lowest BCUT2D eigenvalue weighted by atomic mass is 10.2. The van der Waals surface area contributed by atoms with Gasteiger partial charge in [-0.25, -0.2) is 0 Å². The SMILES string of the molecule is Cc1ccc(Oc2cc(NC(=O)Cn3cc(Br)cn3)cc([N+](=O)[O-])c2)cc1. The lowest BCUT2D eigenvalue weighted by molar-refractivity contribution is -0.384. The monoisotopic (exact) mass is 430 g/mol. The maximum Gasteiger partial charge on any atom is 0.275 e. The zero-order valence-corrected chi connectivity index (χ0v) is 15.8. The van der Waals surface area contributed by atoms with E-state index in [0.29, 0.717) is 5.75 Å². The molecule has 0 aliphatic rings. The number of nitro benzene ring substituents is 1. The molecular formula is C18H15BrN4O4. The molecule has 0 bridgehead atoms. The maximum atomic E-state index is 12.2. The normalized spacial score (nSPS) is 10.4. The van der Waals surface area contributed by atoms with Crippen LogP contribution in [0.4, 0.5) is 11.4 Å². The number of carbonyl (C=O) groups excluding carboxylic acids is 1. The lowest BCUT2D eigenvalue weighted by Crippen LogP contribution is -2.19. The number of hydrogen-bond donors (Lipinski definition) is 1.